The quantitative estimate of drug-likeness (QED) is 0.841. The van der Waals surface area contributed by atoms with Crippen molar-refractivity contribution in [2.75, 3.05) is 26.7 Å². The number of piperidine rings is 1. The lowest BCUT2D eigenvalue weighted by molar-refractivity contribution is -0.131. The molecule has 1 fully saturated rings. The van der Waals surface area contributed by atoms with Gasteiger partial charge in [-0.1, -0.05) is 31.8 Å². The molecule has 132 valence electrons. The van der Waals surface area contributed by atoms with Gasteiger partial charge in [-0.15, -0.1) is 6.42 Å². The number of amides is 1. The third kappa shape index (κ3) is 4.85. The SMILES string of the molecule is C#CCN(C)C(=O)C[C@@H]1CCNC[C@@H]1Cc1cc(C(C)(C)C)on1. The summed E-state index contributed by atoms with van der Waals surface area (Å²) < 4.78 is 5.49. The zero-order valence-corrected chi connectivity index (χ0v) is 15.3. The number of carbonyl (C=O) groups excluding carboxylic acids is 1. The van der Waals surface area contributed by atoms with Crippen LogP contribution in [0, 0.1) is 24.2 Å². The predicted octanol–water partition coefficient (Wildman–Crippen LogP) is 2.22. The van der Waals surface area contributed by atoms with Gasteiger partial charge in [-0.3, -0.25) is 4.79 Å². The van der Waals surface area contributed by atoms with Gasteiger partial charge < -0.3 is 14.7 Å². The van der Waals surface area contributed by atoms with Gasteiger partial charge in [0.25, 0.3) is 0 Å². The second kappa shape index (κ2) is 7.85. The van der Waals surface area contributed by atoms with Gasteiger partial charge in [0.2, 0.25) is 5.91 Å². The molecule has 1 aromatic heterocycles. The Kier molecular flexibility index (Phi) is 6.06. The summed E-state index contributed by atoms with van der Waals surface area (Å²) in [4.78, 5) is 13.9. The van der Waals surface area contributed by atoms with Gasteiger partial charge in [0.1, 0.15) is 5.76 Å². The van der Waals surface area contributed by atoms with Crippen LogP contribution in [0.25, 0.3) is 0 Å². The summed E-state index contributed by atoms with van der Waals surface area (Å²) >= 11 is 0. The minimum Gasteiger partial charge on any atom is -0.361 e. The number of terminal acetylenes is 1. The summed E-state index contributed by atoms with van der Waals surface area (Å²) in [6.45, 7) is 8.58. The van der Waals surface area contributed by atoms with Crippen molar-refractivity contribution in [1.82, 2.24) is 15.4 Å². The number of aromatic nitrogens is 1. The highest BCUT2D eigenvalue weighted by Crippen LogP contribution is 2.28. The van der Waals surface area contributed by atoms with E-state index >= 15 is 0 Å². The summed E-state index contributed by atoms with van der Waals surface area (Å²) in [5, 5.41) is 7.66. The average molecular weight is 331 g/mol. The van der Waals surface area contributed by atoms with E-state index in [1.807, 2.05) is 0 Å². The predicted molar refractivity (Wildman–Crippen MR) is 94.5 cm³/mol. The summed E-state index contributed by atoms with van der Waals surface area (Å²) in [6.07, 6.45) is 7.69. The molecule has 1 aliphatic heterocycles. The highest BCUT2D eigenvalue weighted by atomic mass is 16.5. The summed E-state index contributed by atoms with van der Waals surface area (Å²) in [6, 6.07) is 2.05. The lowest BCUT2D eigenvalue weighted by Gasteiger charge is -2.32. The number of carbonyl (C=O) groups is 1. The molecule has 1 saturated heterocycles. The molecule has 5 heteroatoms. The lowest BCUT2D eigenvalue weighted by atomic mass is 9.80. The molecular weight excluding hydrogens is 302 g/mol. The molecular formula is C19H29N3O2. The first-order valence-corrected chi connectivity index (χ1v) is 8.65. The monoisotopic (exact) mass is 331 g/mol. The molecule has 1 amide bonds. The van der Waals surface area contributed by atoms with Crippen molar-refractivity contribution in [3.05, 3.63) is 17.5 Å². The molecule has 0 radical (unpaired) electrons. The molecule has 0 aliphatic carbocycles. The molecule has 0 unspecified atom stereocenters. The first-order chi connectivity index (χ1) is 11.3. The van der Waals surface area contributed by atoms with E-state index in [4.69, 9.17) is 10.9 Å². The number of nitrogens with zero attached hydrogens (tertiary/aromatic N) is 2. The van der Waals surface area contributed by atoms with E-state index in [1.165, 1.54) is 0 Å². The van der Waals surface area contributed by atoms with Gasteiger partial charge >= 0.3 is 0 Å². The van der Waals surface area contributed by atoms with Gasteiger partial charge in [0, 0.05) is 24.9 Å². The molecule has 2 atom stereocenters. The summed E-state index contributed by atoms with van der Waals surface area (Å²) in [7, 11) is 1.77. The van der Waals surface area contributed by atoms with Crippen molar-refractivity contribution in [3.63, 3.8) is 0 Å². The zero-order valence-electron chi connectivity index (χ0n) is 15.3. The molecule has 1 aromatic rings. The molecule has 5 nitrogen and oxygen atoms in total. The number of nitrogens with one attached hydrogen (secondary N) is 1. The van der Waals surface area contributed by atoms with E-state index in [1.54, 1.807) is 11.9 Å². The summed E-state index contributed by atoms with van der Waals surface area (Å²) in [5.74, 6) is 4.30. The maximum atomic E-state index is 12.3. The van der Waals surface area contributed by atoms with Crippen molar-refractivity contribution in [1.29, 1.82) is 0 Å². The standard InChI is InChI=1S/C19H29N3O2/c1-6-9-22(5)18(23)11-14-7-8-20-13-15(14)10-16-12-17(24-21-16)19(2,3)4/h1,12,14-15,20H,7-11,13H2,2-5H3/t14-,15-/m0/s1. The van der Waals surface area contributed by atoms with Crippen molar-refractivity contribution in [3.8, 4) is 12.3 Å². The van der Waals surface area contributed by atoms with Crippen molar-refractivity contribution in [2.24, 2.45) is 11.8 Å². The van der Waals surface area contributed by atoms with Crippen molar-refractivity contribution >= 4 is 5.91 Å². The molecule has 0 aromatic carbocycles. The first kappa shape index (κ1) is 18.5. The Bertz CT molecular complexity index is 594. The van der Waals surface area contributed by atoms with Crippen LogP contribution >= 0.6 is 0 Å². The highest BCUT2D eigenvalue weighted by Gasteiger charge is 2.29. The largest absolute Gasteiger partial charge is 0.361 e. The zero-order chi connectivity index (χ0) is 17.7. The van der Waals surface area contributed by atoms with Gasteiger partial charge in [-0.25, -0.2) is 0 Å². The van der Waals surface area contributed by atoms with E-state index in [0.29, 0.717) is 24.8 Å². The van der Waals surface area contributed by atoms with Gasteiger partial charge in [0.15, 0.2) is 0 Å². The van der Waals surface area contributed by atoms with Crippen LogP contribution in [0.15, 0.2) is 10.6 Å². The van der Waals surface area contributed by atoms with Crippen LogP contribution in [-0.2, 0) is 16.6 Å². The molecule has 1 N–H and O–H groups in total. The molecule has 0 saturated carbocycles. The van der Waals surface area contributed by atoms with Crippen molar-refractivity contribution < 1.29 is 9.32 Å². The second-order valence-electron chi connectivity index (χ2n) is 7.81. The third-order valence-electron chi connectivity index (χ3n) is 4.73. The minimum atomic E-state index is -0.0383. The summed E-state index contributed by atoms with van der Waals surface area (Å²) in [5.41, 5.74) is 0.937. The first-order valence-electron chi connectivity index (χ1n) is 8.65. The van der Waals surface area contributed by atoms with Gasteiger partial charge in [-0.2, -0.15) is 0 Å². The Morgan fingerprint density at radius 2 is 2.25 bits per heavy atom. The molecule has 24 heavy (non-hydrogen) atoms. The van der Waals surface area contributed by atoms with Crippen LogP contribution in [0.3, 0.4) is 0 Å². The normalized spacial score (nSPS) is 21.3. The second-order valence-corrected chi connectivity index (χ2v) is 7.81. The minimum absolute atomic E-state index is 0.0383. The van der Waals surface area contributed by atoms with Gasteiger partial charge in [-0.05, 0) is 37.8 Å². The maximum absolute atomic E-state index is 12.3. The lowest BCUT2D eigenvalue weighted by Crippen LogP contribution is -2.40. The molecule has 0 spiro atoms. The van der Waals surface area contributed by atoms with Crippen LogP contribution in [0.4, 0.5) is 0 Å². The Morgan fingerprint density at radius 3 is 2.88 bits per heavy atom. The van der Waals surface area contributed by atoms with Crippen LogP contribution in [0.5, 0.6) is 0 Å². The fourth-order valence-electron chi connectivity index (χ4n) is 3.12. The van der Waals surface area contributed by atoms with E-state index in [2.05, 4.69) is 43.2 Å². The Balaban J connectivity index is 2.00. The Labute approximate surface area is 145 Å². The van der Waals surface area contributed by atoms with Crippen LogP contribution < -0.4 is 5.32 Å². The van der Waals surface area contributed by atoms with E-state index in [-0.39, 0.29) is 11.3 Å². The molecule has 0 bridgehead atoms. The molecule has 2 heterocycles. The fourth-order valence-corrected chi connectivity index (χ4v) is 3.12. The van der Waals surface area contributed by atoms with E-state index in [0.717, 1.165) is 37.4 Å². The molecule has 2 rings (SSSR count). The maximum Gasteiger partial charge on any atom is 0.223 e. The Morgan fingerprint density at radius 1 is 1.50 bits per heavy atom. The van der Waals surface area contributed by atoms with Crippen LogP contribution in [0.1, 0.15) is 45.1 Å². The van der Waals surface area contributed by atoms with Crippen molar-refractivity contribution in [2.45, 2.75) is 45.4 Å². The number of hydrogen-bond donors (Lipinski definition) is 1. The Hall–Kier alpha value is -1.80. The van der Waals surface area contributed by atoms with E-state index < -0.39 is 0 Å². The van der Waals surface area contributed by atoms with Gasteiger partial charge in [0.05, 0.1) is 12.2 Å². The smallest absolute Gasteiger partial charge is 0.223 e. The van der Waals surface area contributed by atoms with Crippen LogP contribution in [-0.4, -0.2) is 42.6 Å². The topological polar surface area (TPSA) is 58.4 Å². The number of rotatable bonds is 5. The number of hydrogen-bond acceptors (Lipinski definition) is 4. The van der Waals surface area contributed by atoms with E-state index in [9.17, 15) is 4.79 Å². The highest BCUT2D eigenvalue weighted by molar-refractivity contribution is 5.76. The average Bonchev–Trinajstić information content (AvgIpc) is 2.98. The van der Waals surface area contributed by atoms with Crippen LogP contribution in [0.2, 0.25) is 0 Å². The third-order valence-corrected chi connectivity index (χ3v) is 4.73. The molecule has 1 aliphatic rings. The fraction of sp³-hybridized carbons (Fsp3) is 0.684.